The number of hydrogen-bond acceptors (Lipinski definition) is 5. The van der Waals surface area contributed by atoms with Crippen LogP contribution in [-0.2, 0) is 11.3 Å². The SMILES string of the molecule is Cc1nonc1COCCCNC(C)C. The van der Waals surface area contributed by atoms with Crippen LogP contribution in [0.25, 0.3) is 0 Å². The van der Waals surface area contributed by atoms with Gasteiger partial charge in [0.1, 0.15) is 11.4 Å². The number of rotatable bonds is 7. The van der Waals surface area contributed by atoms with Gasteiger partial charge in [0.2, 0.25) is 0 Å². The number of nitrogens with one attached hydrogen (secondary N) is 1. The molecular formula is C10H19N3O2. The lowest BCUT2D eigenvalue weighted by Gasteiger charge is -2.07. The van der Waals surface area contributed by atoms with Crippen LogP contribution in [0, 0.1) is 6.92 Å². The Morgan fingerprint density at radius 3 is 2.80 bits per heavy atom. The molecule has 0 saturated heterocycles. The average Bonchev–Trinajstić information content (AvgIpc) is 2.57. The molecule has 86 valence electrons. The molecule has 0 radical (unpaired) electrons. The van der Waals surface area contributed by atoms with Gasteiger partial charge in [-0.1, -0.05) is 24.2 Å². The van der Waals surface area contributed by atoms with Crippen LogP contribution in [0.3, 0.4) is 0 Å². The molecule has 1 rings (SSSR count). The third kappa shape index (κ3) is 4.90. The molecule has 0 unspecified atom stereocenters. The fourth-order valence-corrected chi connectivity index (χ4v) is 1.11. The lowest BCUT2D eigenvalue weighted by atomic mass is 10.3. The van der Waals surface area contributed by atoms with Gasteiger partial charge < -0.3 is 10.1 Å². The molecule has 0 fully saturated rings. The van der Waals surface area contributed by atoms with E-state index in [-0.39, 0.29) is 0 Å². The topological polar surface area (TPSA) is 60.2 Å². The summed E-state index contributed by atoms with van der Waals surface area (Å²) < 4.78 is 10.0. The first-order valence-electron chi connectivity index (χ1n) is 5.29. The van der Waals surface area contributed by atoms with Gasteiger partial charge in [0.05, 0.1) is 6.61 Å². The summed E-state index contributed by atoms with van der Waals surface area (Å²) in [5.74, 6) is 0. The average molecular weight is 213 g/mol. The predicted molar refractivity (Wildman–Crippen MR) is 56.4 cm³/mol. The van der Waals surface area contributed by atoms with Gasteiger partial charge in [-0.15, -0.1) is 0 Å². The lowest BCUT2D eigenvalue weighted by Crippen LogP contribution is -2.24. The molecule has 0 aliphatic heterocycles. The van der Waals surface area contributed by atoms with Crippen LogP contribution >= 0.6 is 0 Å². The van der Waals surface area contributed by atoms with Gasteiger partial charge in [-0.25, -0.2) is 4.63 Å². The fraction of sp³-hybridized carbons (Fsp3) is 0.800. The van der Waals surface area contributed by atoms with Crippen LogP contribution in [0.1, 0.15) is 31.7 Å². The highest BCUT2D eigenvalue weighted by molar-refractivity contribution is 5.02. The zero-order valence-corrected chi connectivity index (χ0v) is 9.62. The summed E-state index contributed by atoms with van der Waals surface area (Å²) in [7, 11) is 0. The summed E-state index contributed by atoms with van der Waals surface area (Å²) in [6.07, 6.45) is 1.00. The molecule has 1 aromatic rings. The molecule has 0 aliphatic carbocycles. The maximum atomic E-state index is 5.44. The highest BCUT2D eigenvalue weighted by Gasteiger charge is 2.03. The van der Waals surface area contributed by atoms with Crippen LogP contribution in [0.4, 0.5) is 0 Å². The second kappa shape index (κ2) is 6.53. The molecule has 0 amide bonds. The van der Waals surface area contributed by atoms with Crippen molar-refractivity contribution in [2.24, 2.45) is 0 Å². The van der Waals surface area contributed by atoms with Crippen molar-refractivity contribution in [1.82, 2.24) is 15.6 Å². The molecule has 0 bridgehead atoms. The molecule has 0 aromatic carbocycles. The minimum Gasteiger partial charge on any atom is -0.375 e. The van der Waals surface area contributed by atoms with Gasteiger partial charge in [0, 0.05) is 12.6 Å². The van der Waals surface area contributed by atoms with Gasteiger partial charge in [-0.2, -0.15) is 0 Å². The van der Waals surface area contributed by atoms with Crippen molar-refractivity contribution in [2.45, 2.75) is 39.8 Å². The zero-order chi connectivity index (χ0) is 11.1. The Bertz CT molecular complexity index is 273. The van der Waals surface area contributed by atoms with Crippen molar-refractivity contribution in [1.29, 1.82) is 0 Å². The Hall–Kier alpha value is -0.940. The van der Waals surface area contributed by atoms with Crippen LogP contribution in [0.15, 0.2) is 4.63 Å². The third-order valence-corrected chi connectivity index (χ3v) is 2.00. The first-order chi connectivity index (χ1) is 7.20. The smallest absolute Gasteiger partial charge is 0.133 e. The largest absolute Gasteiger partial charge is 0.375 e. The molecule has 1 aromatic heterocycles. The van der Waals surface area contributed by atoms with Gasteiger partial charge >= 0.3 is 0 Å². The van der Waals surface area contributed by atoms with E-state index in [1.807, 2.05) is 6.92 Å². The Morgan fingerprint density at radius 2 is 2.20 bits per heavy atom. The van der Waals surface area contributed by atoms with Crippen LogP contribution in [0.2, 0.25) is 0 Å². The summed E-state index contributed by atoms with van der Waals surface area (Å²) >= 11 is 0. The maximum Gasteiger partial charge on any atom is 0.133 e. The van der Waals surface area contributed by atoms with Crippen molar-refractivity contribution in [3.8, 4) is 0 Å². The Labute approximate surface area is 90.2 Å². The molecule has 0 spiro atoms. The molecule has 5 nitrogen and oxygen atoms in total. The zero-order valence-electron chi connectivity index (χ0n) is 9.62. The second-order valence-electron chi connectivity index (χ2n) is 3.81. The second-order valence-corrected chi connectivity index (χ2v) is 3.81. The molecule has 1 heterocycles. The van der Waals surface area contributed by atoms with Crippen molar-refractivity contribution in [2.75, 3.05) is 13.2 Å². The Balaban J connectivity index is 2.00. The number of nitrogens with zero attached hydrogens (tertiary/aromatic N) is 2. The highest BCUT2D eigenvalue weighted by atomic mass is 16.6. The maximum absolute atomic E-state index is 5.44. The van der Waals surface area contributed by atoms with E-state index in [4.69, 9.17) is 4.74 Å². The lowest BCUT2D eigenvalue weighted by molar-refractivity contribution is 0.112. The first-order valence-corrected chi connectivity index (χ1v) is 5.29. The molecule has 15 heavy (non-hydrogen) atoms. The van der Waals surface area contributed by atoms with Gasteiger partial charge in [-0.3, -0.25) is 0 Å². The van der Waals surface area contributed by atoms with E-state index in [2.05, 4.69) is 34.1 Å². The number of ether oxygens (including phenoxy) is 1. The normalized spacial score (nSPS) is 11.2. The highest BCUT2D eigenvalue weighted by Crippen LogP contribution is 2.02. The van der Waals surface area contributed by atoms with Crippen molar-refractivity contribution in [3.63, 3.8) is 0 Å². The van der Waals surface area contributed by atoms with E-state index in [0.29, 0.717) is 12.6 Å². The molecule has 0 aliphatic rings. The predicted octanol–water partition coefficient (Wildman–Crippen LogP) is 1.28. The van der Waals surface area contributed by atoms with Crippen molar-refractivity contribution >= 4 is 0 Å². The van der Waals surface area contributed by atoms with E-state index in [1.165, 1.54) is 0 Å². The first kappa shape index (κ1) is 12.1. The Morgan fingerprint density at radius 1 is 1.40 bits per heavy atom. The van der Waals surface area contributed by atoms with Crippen LogP contribution < -0.4 is 5.32 Å². The van der Waals surface area contributed by atoms with E-state index < -0.39 is 0 Å². The van der Waals surface area contributed by atoms with Crippen LogP contribution in [-0.4, -0.2) is 29.5 Å². The van der Waals surface area contributed by atoms with Crippen LogP contribution in [0.5, 0.6) is 0 Å². The van der Waals surface area contributed by atoms with E-state index >= 15 is 0 Å². The molecule has 0 saturated carbocycles. The van der Waals surface area contributed by atoms with Gasteiger partial charge in [0.15, 0.2) is 0 Å². The van der Waals surface area contributed by atoms with E-state index in [1.54, 1.807) is 0 Å². The number of aryl methyl sites for hydroxylation is 1. The van der Waals surface area contributed by atoms with Crippen molar-refractivity contribution in [3.05, 3.63) is 11.4 Å². The molecular weight excluding hydrogens is 194 g/mol. The minimum atomic E-state index is 0.483. The summed E-state index contributed by atoms with van der Waals surface area (Å²) in [6, 6.07) is 0.534. The van der Waals surface area contributed by atoms with E-state index in [0.717, 1.165) is 31.0 Å². The number of aromatic nitrogens is 2. The van der Waals surface area contributed by atoms with Gasteiger partial charge in [-0.05, 0) is 19.9 Å². The van der Waals surface area contributed by atoms with Crippen molar-refractivity contribution < 1.29 is 9.37 Å². The van der Waals surface area contributed by atoms with Gasteiger partial charge in [0.25, 0.3) is 0 Å². The molecule has 5 heteroatoms. The summed E-state index contributed by atoms with van der Waals surface area (Å²) in [4.78, 5) is 0. The number of hydrogen-bond donors (Lipinski definition) is 1. The fourth-order valence-electron chi connectivity index (χ4n) is 1.11. The quantitative estimate of drug-likeness (QED) is 0.691. The Kier molecular flexibility index (Phi) is 5.28. The summed E-state index contributed by atoms with van der Waals surface area (Å²) in [5, 5.41) is 10.7. The summed E-state index contributed by atoms with van der Waals surface area (Å²) in [5.41, 5.74) is 1.59. The van der Waals surface area contributed by atoms with E-state index in [9.17, 15) is 0 Å². The minimum absolute atomic E-state index is 0.483. The third-order valence-electron chi connectivity index (χ3n) is 2.00. The molecule has 0 atom stereocenters. The molecule has 1 N–H and O–H groups in total. The monoisotopic (exact) mass is 213 g/mol. The summed E-state index contributed by atoms with van der Waals surface area (Å²) in [6.45, 7) is 8.31. The standard InChI is InChI=1S/C10H19N3O2/c1-8(2)11-5-4-6-14-7-10-9(3)12-15-13-10/h8,11H,4-7H2,1-3H3.